The molecule has 0 saturated heterocycles. The molecule has 2 heterocycles. The number of carboxylic acids is 1. The van der Waals surface area contributed by atoms with Crippen molar-refractivity contribution < 1.29 is 19.5 Å². The Labute approximate surface area is 209 Å². The molecule has 3 aromatic rings. The molecule has 190 valence electrons. The number of amides is 2. The van der Waals surface area contributed by atoms with Crippen LogP contribution in [0.25, 0.3) is 10.9 Å². The summed E-state index contributed by atoms with van der Waals surface area (Å²) in [5.41, 5.74) is -0.859. The second-order valence-electron chi connectivity index (χ2n) is 9.26. The van der Waals surface area contributed by atoms with Crippen LogP contribution in [0.5, 0.6) is 0 Å². The van der Waals surface area contributed by atoms with Crippen LogP contribution in [0.2, 0.25) is 0 Å². The molecular formula is C26H32N6O4. The zero-order chi connectivity index (χ0) is 25.4. The zero-order valence-electron chi connectivity index (χ0n) is 20.1. The lowest BCUT2D eigenvalue weighted by Gasteiger charge is -2.34. The number of nitrogens with one attached hydrogen (secondary N) is 4. The second-order valence-corrected chi connectivity index (χ2v) is 9.26. The molecule has 2 aromatic heterocycles. The van der Waals surface area contributed by atoms with E-state index < -0.39 is 17.5 Å². The third-order valence-corrected chi connectivity index (χ3v) is 6.66. The van der Waals surface area contributed by atoms with Crippen LogP contribution >= 0.6 is 0 Å². The van der Waals surface area contributed by atoms with Gasteiger partial charge in [0.25, 0.3) is 5.91 Å². The zero-order valence-corrected chi connectivity index (χ0v) is 20.1. The van der Waals surface area contributed by atoms with E-state index in [1.54, 1.807) is 30.6 Å². The number of hydrogen-bond donors (Lipinski definition) is 5. The van der Waals surface area contributed by atoms with Gasteiger partial charge in [-0.3, -0.25) is 14.7 Å². The maximum absolute atomic E-state index is 13.2. The predicted molar refractivity (Wildman–Crippen MR) is 135 cm³/mol. The van der Waals surface area contributed by atoms with E-state index in [2.05, 4.69) is 31.1 Å². The molecule has 0 bridgehead atoms. The molecule has 1 fully saturated rings. The Morgan fingerprint density at radius 1 is 1.06 bits per heavy atom. The molecule has 2 amide bonds. The van der Waals surface area contributed by atoms with E-state index in [9.17, 15) is 19.5 Å². The Bertz CT molecular complexity index is 1190. The van der Waals surface area contributed by atoms with Gasteiger partial charge >= 0.3 is 5.97 Å². The quantitative estimate of drug-likeness (QED) is 0.203. The molecule has 1 aliphatic carbocycles. The molecule has 10 heteroatoms. The summed E-state index contributed by atoms with van der Waals surface area (Å²) < 4.78 is 0. The Hall–Kier alpha value is -3.95. The highest BCUT2D eigenvalue weighted by molar-refractivity contribution is 6.01. The molecule has 0 spiro atoms. The average molecular weight is 493 g/mol. The van der Waals surface area contributed by atoms with E-state index >= 15 is 0 Å². The molecule has 0 radical (unpaired) electrons. The minimum Gasteiger partial charge on any atom is -0.478 e. The fourth-order valence-electron chi connectivity index (χ4n) is 4.60. The van der Waals surface area contributed by atoms with Gasteiger partial charge in [-0.2, -0.15) is 5.10 Å². The van der Waals surface area contributed by atoms with Crippen LogP contribution < -0.4 is 16.0 Å². The first kappa shape index (κ1) is 25.2. The molecule has 0 unspecified atom stereocenters. The highest BCUT2D eigenvalue weighted by Gasteiger charge is 2.42. The molecule has 1 aromatic carbocycles. The normalized spacial score (nSPS) is 15.7. The number of fused-ring (bicyclic) bond motifs is 1. The summed E-state index contributed by atoms with van der Waals surface area (Å²) >= 11 is 0. The molecule has 1 aliphatic rings. The van der Waals surface area contributed by atoms with E-state index in [-0.39, 0.29) is 18.2 Å². The monoisotopic (exact) mass is 492 g/mol. The largest absolute Gasteiger partial charge is 0.478 e. The number of anilines is 1. The second kappa shape index (κ2) is 11.7. The number of pyridine rings is 1. The molecule has 10 nitrogen and oxygen atoms in total. The van der Waals surface area contributed by atoms with E-state index in [1.807, 2.05) is 18.2 Å². The van der Waals surface area contributed by atoms with Crippen molar-refractivity contribution in [1.82, 2.24) is 25.8 Å². The Morgan fingerprint density at radius 3 is 2.64 bits per heavy atom. The van der Waals surface area contributed by atoms with Crippen molar-refractivity contribution >= 4 is 34.5 Å². The first-order valence-corrected chi connectivity index (χ1v) is 12.4. The summed E-state index contributed by atoms with van der Waals surface area (Å²) in [5, 5.41) is 26.3. The number of carboxylic acid groups (broad SMARTS) is 1. The van der Waals surface area contributed by atoms with Gasteiger partial charge in [0.15, 0.2) is 0 Å². The topological polar surface area (TPSA) is 149 Å². The number of carbonyl (C=O) groups is 3. The van der Waals surface area contributed by atoms with Gasteiger partial charge in [-0.25, -0.2) is 9.78 Å². The first-order chi connectivity index (χ1) is 17.5. The number of rotatable bonds is 11. The number of carbonyl (C=O) groups excluding carboxylic acids is 2. The summed E-state index contributed by atoms with van der Waals surface area (Å²) in [6, 6.07) is 10.5. The Kier molecular flexibility index (Phi) is 8.14. The van der Waals surface area contributed by atoms with Crippen molar-refractivity contribution in [1.29, 1.82) is 0 Å². The van der Waals surface area contributed by atoms with Crippen LogP contribution in [0.15, 0.2) is 48.8 Å². The SMILES string of the molecule is O=C(N[C@](CCCCNc1ccccn1)(NC(=O)C1CCCCC1)C(=O)O)c1ccc2[nH]ncc2c1. The number of aliphatic carboxylic acids is 1. The molecule has 1 atom stereocenters. The fraction of sp³-hybridized carbons (Fsp3) is 0.423. The van der Waals surface area contributed by atoms with Gasteiger partial charge in [0.2, 0.25) is 11.6 Å². The summed E-state index contributed by atoms with van der Waals surface area (Å²) in [6.07, 6.45) is 8.81. The van der Waals surface area contributed by atoms with Crippen LogP contribution in [0.3, 0.4) is 0 Å². The molecule has 4 rings (SSSR count). The lowest BCUT2D eigenvalue weighted by atomic mass is 9.88. The van der Waals surface area contributed by atoms with Gasteiger partial charge in [-0.05, 0) is 56.0 Å². The Morgan fingerprint density at radius 2 is 1.89 bits per heavy atom. The van der Waals surface area contributed by atoms with E-state index in [4.69, 9.17) is 0 Å². The summed E-state index contributed by atoms with van der Waals surface area (Å²) in [5.74, 6) is -1.70. The van der Waals surface area contributed by atoms with Crippen molar-refractivity contribution in [2.75, 3.05) is 11.9 Å². The van der Waals surface area contributed by atoms with Crippen molar-refractivity contribution in [2.24, 2.45) is 5.92 Å². The van der Waals surface area contributed by atoms with Crippen molar-refractivity contribution in [3.05, 3.63) is 54.4 Å². The van der Waals surface area contributed by atoms with Gasteiger partial charge in [-0.1, -0.05) is 25.3 Å². The van der Waals surface area contributed by atoms with Crippen molar-refractivity contribution in [2.45, 2.75) is 57.0 Å². The number of unbranched alkanes of at least 4 members (excludes halogenated alkanes) is 1. The number of H-pyrrole nitrogens is 1. The number of hydrogen-bond acceptors (Lipinski definition) is 6. The minimum absolute atomic E-state index is 0.0460. The first-order valence-electron chi connectivity index (χ1n) is 12.4. The highest BCUT2D eigenvalue weighted by Crippen LogP contribution is 2.25. The predicted octanol–water partition coefficient (Wildman–Crippen LogP) is 3.45. The third kappa shape index (κ3) is 6.18. The summed E-state index contributed by atoms with van der Waals surface area (Å²) in [7, 11) is 0. The van der Waals surface area contributed by atoms with Crippen LogP contribution in [0.4, 0.5) is 5.82 Å². The van der Waals surface area contributed by atoms with Crippen molar-refractivity contribution in [3.8, 4) is 0 Å². The van der Waals surface area contributed by atoms with Gasteiger partial charge in [0.1, 0.15) is 5.82 Å². The fourth-order valence-corrected chi connectivity index (χ4v) is 4.60. The van der Waals surface area contributed by atoms with Crippen LogP contribution in [0, 0.1) is 5.92 Å². The Balaban J connectivity index is 1.47. The molecule has 36 heavy (non-hydrogen) atoms. The van der Waals surface area contributed by atoms with E-state index in [0.717, 1.165) is 48.8 Å². The summed E-state index contributed by atoms with van der Waals surface area (Å²) in [4.78, 5) is 43.1. The molecule has 5 N–H and O–H groups in total. The maximum Gasteiger partial charge on any atom is 0.350 e. The standard InChI is InChI=1S/C26H32N6O4/c33-23(18-8-2-1-3-9-18)30-26(25(35)36,13-5-7-15-28-22-10-4-6-14-27-22)31-24(34)19-11-12-21-20(16-19)17-29-32-21/h4,6,10-12,14,16-18H,1-3,5,7-9,13,15H2,(H,27,28)(H,29,32)(H,30,33)(H,31,34)(H,35,36)/t26-/m0/s1. The van der Waals surface area contributed by atoms with Gasteiger partial charge < -0.3 is 21.1 Å². The van der Waals surface area contributed by atoms with E-state index in [1.165, 1.54) is 0 Å². The average Bonchev–Trinajstić information content (AvgIpc) is 3.37. The van der Waals surface area contributed by atoms with Crippen LogP contribution in [0.1, 0.15) is 61.7 Å². The molecular weight excluding hydrogens is 460 g/mol. The van der Waals surface area contributed by atoms with Crippen LogP contribution in [-0.4, -0.2) is 50.3 Å². The highest BCUT2D eigenvalue weighted by atomic mass is 16.4. The number of nitrogens with zero attached hydrogens (tertiary/aromatic N) is 2. The van der Waals surface area contributed by atoms with Crippen LogP contribution in [-0.2, 0) is 9.59 Å². The van der Waals surface area contributed by atoms with Gasteiger partial charge in [-0.15, -0.1) is 0 Å². The van der Waals surface area contributed by atoms with Gasteiger partial charge in [0, 0.05) is 36.0 Å². The maximum atomic E-state index is 13.2. The van der Waals surface area contributed by atoms with Gasteiger partial charge in [0.05, 0.1) is 11.7 Å². The molecule has 0 aliphatic heterocycles. The lowest BCUT2D eigenvalue weighted by molar-refractivity contribution is -0.150. The minimum atomic E-state index is -1.91. The van der Waals surface area contributed by atoms with Crippen molar-refractivity contribution in [3.63, 3.8) is 0 Å². The summed E-state index contributed by atoms with van der Waals surface area (Å²) in [6.45, 7) is 0.578. The van der Waals surface area contributed by atoms with E-state index in [0.29, 0.717) is 24.9 Å². The number of aromatic nitrogens is 3. The number of aromatic amines is 1. The number of benzene rings is 1. The smallest absolute Gasteiger partial charge is 0.350 e. The lowest BCUT2D eigenvalue weighted by Crippen LogP contribution is -2.66. The molecule has 1 saturated carbocycles. The third-order valence-electron chi connectivity index (χ3n) is 6.66.